The van der Waals surface area contributed by atoms with Crippen molar-refractivity contribution in [2.45, 2.75) is 25.7 Å². The third kappa shape index (κ3) is 2.70. The van der Waals surface area contributed by atoms with Gasteiger partial charge < -0.3 is 14.9 Å². The molecular formula is C20H20N4O. The summed E-state index contributed by atoms with van der Waals surface area (Å²) in [6.07, 6.45) is 3.50. The molecule has 1 aromatic carbocycles. The van der Waals surface area contributed by atoms with Crippen molar-refractivity contribution in [2.24, 2.45) is 0 Å². The summed E-state index contributed by atoms with van der Waals surface area (Å²) in [6, 6.07) is 12.1. The van der Waals surface area contributed by atoms with Crippen LogP contribution in [0.2, 0.25) is 0 Å². The highest BCUT2D eigenvalue weighted by molar-refractivity contribution is 5.93. The zero-order valence-electron chi connectivity index (χ0n) is 14.2. The first-order chi connectivity index (χ1) is 12.2. The molecule has 2 N–H and O–H groups in total. The average Bonchev–Trinajstić information content (AvgIpc) is 3.25. The van der Waals surface area contributed by atoms with E-state index in [9.17, 15) is 4.79 Å². The topological polar surface area (TPSA) is 75.7 Å². The van der Waals surface area contributed by atoms with Gasteiger partial charge in [-0.15, -0.1) is 0 Å². The Bertz CT molecular complexity index is 967. The molecule has 1 fully saturated rings. The zero-order chi connectivity index (χ0) is 17.4. The van der Waals surface area contributed by atoms with Crippen LogP contribution in [0.5, 0.6) is 0 Å². The van der Waals surface area contributed by atoms with Crippen LogP contribution in [0.25, 0.3) is 10.9 Å². The second-order valence-corrected chi connectivity index (χ2v) is 6.69. The van der Waals surface area contributed by atoms with Crippen molar-refractivity contribution < 1.29 is 4.79 Å². The normalized spacial score (nSPS) is 15.4. The highest BCUT2D eigenvalue weighted by Crippen LogP contribution is 2.35. The molecule has 2 aromatic heterocycles. The first kappa shape index (κ1) is 15.5. The molecule has 0 saturated carbocycles. The van der Waals surface area contributed by atoms with Crippen LogP contribution < -0.4 is 0 Å². The molecule has 0 aliphatic carbocycles. The number of hydrogen-bond acceptors (Lipinski definition) is 2. The van der Waals surface area contributed by atoms with Gasteiger partial charge in [0.05, 0.1) is 5.56 Å². The molecular weight excluding hydrogens is 312 g/mol. The average molecular weight is 332 g/mol. The lowest BCUT2D eigenvalue weighted by Crippen LogP contribution is -2.38. The number of H-pyrrole nitrogens is 2. The van der Waals surface area contributed by atoms with Crippen molar-refractivity contribution >= 4 is 16.8 Å². The molecule has 0 spiro atoms. The minimum absolute atomic E-state index is 0.0180. The molecule has 1 saturated heterocycles. The van der Waals surface area contributed by atoms with Crippen LogP contribution in [0.3, 0.4) is 0 Å². The van der Waals surface area contributed by atoms with E-state index in [1.54, 1.807) is 12.3 Å². The van der Waals surface area contributed by atoms with Gasteiger partial charge in [0.25, 0.3) is 5.91 Å². The third-order valence-electron chi connectivity index (χ3n) is 5.18. The number of amides is 1. The van der Waals surface area contributed by atoms with Crippen LogP contribution in [-0.2, 0) is 0 Å². The van der Waals surface area contributed by atoms with Crippen LogP contribution >= 0.6 is 0 Å². The molecule has 1 amide bonds. The van der Waals surface area contributed by atoms with E-state index in [4.69, 9.17) is 5.26 Å². The van der Waals surface area contributed by atoms with Crippen LogP contribution in [0.15, 0.2) is 36.5 Å². The van der Waals surface area contributed by atoms with Gasteiger partial charge in [0.2, 0.25) is 0 Å². The minimum atomic E-state index is -0.0180. The molecule has 0 unspecified atom stereocenters. The molecule has 5 nitrogen and oxygen atoms in total. The van der Waals surface area contributed by atoms with Crippen molar-refractivity contribution in [2.75, 3.05) is 13.1 Å². The van der Waals surface area contributed by atoms with Gasteiger partial charge in [0.1, 0.15) is 11.8 Å². The van der Waals surface area contributed by atoms with E-state index < -0.39 is 0 Å². The Labute approximate surface area is 146 Å². The van der Waals surface area contributed by atoms with E-state index in [2.05, 4.69) is 41.2 Å². The van der Waals surface area contributed by atoms with Gasteiger partial charge in [-0.05, 0) is 43.4 Å². The van der Waals surface area contributed by atoms with E-state index in [1.165, 1.54) is 22.2 Å². The summed E-state index contributed by atoms with van der Waals surface area (Å²) < 4.78 is 0. The molecule has 126 valence electrons. The number of aromatic amines is 2. The fraction of sp³-hybridized carbons (Fsp3) is 0.300. The van der Waals surface area contributed by atoms with Crippen LogP contribution in [-0.4, -0.2) is 33.9 Å². The number of carbonyl (C=O) groups excluding carboxylic acids is 1. The van der Waals surface area contributed by atoms with Gasteiger partial charge in [0, 0.05) is 35.9 Å². The number of rotatable bonds is 2. The Balaban J connectivity index is 1.50. The van der Waals surface area contributed by atoms with Gasteiger partial charge in [0.15, 0.2) is 0 Å². The van der Waals surface area contributed by atoms with Crippen LogP contribution in [0.1, 0.15) is 46.1 Å². The molecule has 1 aliphatic heterocycles. The number of carbonyl (C=O) groups is 1. The predicted molar refractivity (Wildman–Crippen MR) is 96.4 cm³/mol. The van der Waals surface area contributed by atoms with Crippen molar-refractivity contribution in [3.8, 4) is 6.07 Å². The molecule has 25 heavy (non-hydrogen) atoms. The fourth-order valence-corrected chi connectivity index (χ4v) is 3.95. The number of nitriles is 1. The Hall–Kier alpha value is -3.00. The summed E-state index contributed by atoms with van der Waals surface area (Å²) in [5.74, 6) is 0.453. The monoisotopic (exact) mass is 332 g/mol. The highest BCUT2D eigenvalue weighted by atomic mass is 16.2. The van der Waals surface area contributed by atoms with Crippen molar-refractivity contribution in [1.82, 2.24) is 14.9 Å². The van der Waals surface area contributed by atoms with Crippen molar-refractivity contribution in [3.05, 3.63) is 59.0 Å². The summed E-state index contributed by atoms with van der Waals surface area (Å²) in [5, 5.41) is 10.2. The van der Waals surface area contributed by atoms with Crippen LogP contribution in [0, 0.1) is 18.3 Å². The number of para-hydroxylation sites is 1. The van der Waals surface area contributed by atoms with Crippen molar-refractivity contribution in [3.63, 3.8) is 0 Å². The number of likely N-dealkylation sites (tertiary alicyclic amines) is 1. The zero-order valence-corrected chi connectivity index (χ0v) is 14.2. The Morgan fingerprint density at radius 3 is 2.76 bits per heavy atom. The highest BCUT2D eigenvalue weighted by Gasteiger charge is 2.27. The standard InChI is InChI=1S/C20H20N4O/c1-13-19(16-4-2-3-5-17(16)23-13)15-6-8-24(9-7-15)20(25)18-10-14(11-21)12-22-18/h2-5,10,12,15,22-23H,6-9H2,1H3. The Morgan fingerprint density at radius 1 is 1.28 bits per heavy atom. The lowest BCUT2D eigenvalue weighted by Gasteiger charge is -2.32. The minimum Gasteiger partial charge on any atom is -0.358 e. The van der Waals surface area contributed by atoms with Gasteiger partial charge in [-0.3, -0.25) is 4.79 Å². The summed E-state index contributed by atoms with van der Waals surface area (Å²) >= 11 is 0. The summed E-state index contributed by atoms with van der Waals surface area (Å²) in [5.41, 5.74) is 4.80. The number of fused-ring (bicyclic) bond motifs is 1. The molecule has 0 bridgehead atoms. The van der Waals surface area contributed by atoms with Crippen molar-refractivity contribution in [1.29, 1.82) is 5.26 Å². The smallest absolute Gasteiger partial charge is 0.270 e. The van der Waals surface area contributed by atoms with E-state index >= 15 is 0 Å². The second-order valence-electron chi connectivity index (χ2n) is 6.69. The number of nitrogens with zero attached hydrogens (tertiary/aromatic N) is 2. The lowest BCUT2D eigenvalue weighted by atomic mass is 9.87. The quantitative estimate of drug-likeness (QED) is 0.751. The first-order valence-corrected chi connectivity index (χ1v) is 8.62. The maximum atomic E-state index is 12.6. The van der Waals surface area contributed by atoms with Gasteiger partial charge in [-0.2, -0.15) is 5.26 Å². The maximum Gasteiger partial charge on any atom is 0.270 e. The van der Waals surface area contributed by atoms with Crippen LogP contribution in [0.4, 0.5) is 0 Å². The molecule has 3 heterocycles. The molecule has 1 aliphatic rings. The number of hydrogen-bond donors (Lipinski definition) is 2. The molecule has 0 radical (unpaired) electrons. The van der Waals surface area contributed by atoms with E-state index in [1.807, 2.05) is 11.0 Å². The SMILES string of the molecule is Cc1[nH]c2ccccc2c1C1CCN(C(=O)c2cc(C#N)c[nH]2)CC1. The molecule has 4 rings (SSSR count). The first-order valence-electron chi connectivity index (χ1n) is 8.62. The number of nitrogens with one attached hydrogen (secondary N) is 2. The third-order valence-corrected chi connectivity index (χ3v) is 5.18. The van der Waals surface area contributed by atoms with E-state index in [-0.39, 0.29) is 5.91 Å². The summed E-state index contributed by atoms with van der Waals surface area (Å²) in [6.45, 7) is 3.61. The lowest BCUT2D eigenvalue weighted by molar-refractivity contribution is 0.0708. The predicted octanol–water partition coefficient (Wildman–Crippen LogP) is 3.70. The van der Waals surface area contributed by atoms with Gasteiger partial charge >= 0.3 is 0 Å². The number of aromatic nitrogens is 2. The maximum absolute atomic E-state index is 12.6. The molecule has 3 aromatic rings. The summed E-state index contributed by atoms with van der Waals surface area (Å²) in [4.78, 5) is 20.8. The molecule has 5 heteroatoms. The fourth-order valence-electron chi connectivity index (χ4n) is 3.95. The van der Waals surface area contributed by atoms with Gasteiger partial charge in [-0.25, -0.2) is 0 Å². The largest absolute Gasteiger partial charge is 0.358 e. The molecule has 0 atom stereocenters. The number of aryl methyl sites for hydroxylation is 1. The Morgan fingerprint density at radius 2 is 2.04 bits per heavy atom. The second kappa shape index (κ2) is 6.14. The number of benzene rings is 1. The Kier molecular flexibility index (Phi) is 3.81. The van der Waals surface area contributed by atoms with E-state index in [0.29, 0.717) is 17.2 Å². The van der Waals surface area contributed by atoms with Gasteiger partial charge in [-0.1, -0.05) is 18.2 Å². The summed E-state index contributed by atoms with van der Waals surface area (Å²) in [7, 11) is 0. The van der Waals surface area contributed by atoms with E-state index in [0.717, 1.165) is 25.9 Å². The number of piperidine rings is 1.